The number of carboxylic acids is 1. The zero-order chi connectivity index (χ0) is 13.4. The van der Waals surface area contributed by atoms with Crippen LogP contribution in [0.2, 0.25) is 0 Å². The maximum atomic E-state index is 11.1. The summed E-state index contributed by atoms with van der Waals surface area (Å²) >= 11 is 1.38. The van der Waals surface area contributed by atoms with Gasteiger partial charge in [-0.1, -0.05) is 18.2 Å². The van der Waals surface area contributed by atoms with Gasteiger partial charge in [-0.25, -0.2) is 9.78 Å². The molecule has 5 heteroatoms. The topological polar surface area (TPSA) is 63.1 Å². The number of hydrogen-bond donors (Lipinski definition) is 1. The molecule has 3 aromatic rings. The van der Waals surface area contributed by atoms with Crippen LogP contribution in [0.3, 0.4) is 0 Å². The second-order valence-electron chi connectivity index (χ2n) is 4.11. The molecular formula is C14H10N2O2S. The van der Waals surface area contributed by atoms with Crippen molar-refractivity contribution in [3.8, 4) is 10.6 Å². The van der Waals surface area contributed by atoms with Gasteiger partial charge >= 0.3 is 5.97 Å². The lowest BCUT2D eigenvalue weighted by Gasteiger charge is -2.01. The zero-order valence-electron chi connectivity index (χ0n) is 10.1. The summed E-state index contributed by atoms with van der Waals surface area (Å²) in [5, 5.41) is 10.8. The molecule has 2 aromatic heterocycles. The number of rotatable bonds is 2. The molecule has 0 aliphatic heterocycles. The summed E-state index contributed by atoms with van der Waals surface area (Å²) in [7, 11) is 0. The van der Waals surface area contributed by atoms with Gasteiger partial charge < -0.3 is 5.11 Å². The largest absolute Gasteiger partial charge is 0.476 e. The van der Waals surface area contributed by atoms with Gasteiger partial charge in [0.25, 0.3) is 0 Å². The number of nitrogens with zero attached hydrogens (tertiary/aromatic N) is 2. The fraction of sp³-hybridized carbons (Fsp3) is 0.0714. The molecule has 1 N–H and O–H groups in total. The molecule has 0 atom stereocenters. The van der Waals surface area contributed by atoms with E-state index in [-0.39, 0.29) is 5.69 Å². The maximum absolute atomic E-state index is 11.1. The molecule has 0 amide bonds. The van der Waals surface area contributed by atoms with Crippen molar-refractivity contribution < 1.29 is 9.90 Å². The van der Waals surface area contributed by atoms with Crippen LogP contribution in [0, 0.1) is 6.92 Å². The first-order valence-electron chi connectivity index (χ1n) is 5.71. The Morgan fingerprint density at radius 3 is 2.79 bits per heavy atom. The maximum Gasteiger partial charge on any atom is 0.355 e. The molecule has 4 nitrogen and oxygen atoms in total. The lowest BCUT2D eigenvalue weighted by Crippen LogP contribution is -1.98. The highest BCUT2D eigenvalue weighted by atomic mass is 32.1. The third-order valence-electron chi connectivity index (χ3n) is 2.86. The predicted molar refractivity (Wildman–Crippen MR) is 74.5 cm³/mol. The Balaban J connectivity index is 2.25. The van der Waals surface area contributed by atoms with Crippen LogP contribution in [0.5, 0.6) is 0 Å². The molecule has 0 unspecified atom stereocenters. The smallest absolute Gasteiger partial charge is 0.355 e. The molecule has 0 radical (unpaired) electrons. The molecule has 3 rings (SSSR count). The Morgan fingerprint density at radius 1 is 1.26 bits per heavy atom. The zero-order valence-corrected chi connectivity index (χ0v) is 10.9. The lowest BCUT2D eigenvalue weighted by atomic mass is 10.1. The number of aromatic nitrogens is 2. The van der Waals surface area contributed by atoms with E-state index in [1.54, 1.807) is 13.1 Å². The minimum atomic E-state index is -0.992. The fourth-order valence-corrected chi connectivity index (χ4v) is 2.92. The fourth-order valence-electron chi connectivity index (χ4n) is 1.99. The first kappa shape index (κ1) is 11.8. The van der Waals surface area contributed by atoms with Crippen LogP contribution in [0.1, 0.15) is 15.4 Å². The van der Waals surface area contributed by atoms with E-state index in [0.717, 1.165) is 16.5 Å². The number of carboxylic acid groups (broad SMARTS) is 1. The summed E-state index contributed by atoms with van der Waals surface area (Å²) in [6.45, 7) is 1.77. The average Bonchev–Trinajstić information content (AvgIpc) is 2.80. The van der Waals surface area contributed by atoms with Crippen molar-refractivity contribution in [1.29, 1.82) is 0 Å². The summed E-state index contributed by atoms with van der Waals surface area (Å²) in [6.07, 6.45) is 1.73. The summed E-state index contributed by atoms with van der Waals surface area (Å²) in [5.41, 5.74) is 1.84. The predicted octanol–water partition coefficient (Wildman–Crippen LogP) is 3.36. The normalized spacial score (nSPS) is 10.8. The van der Waals surface area contributed by atoms with Crippen molar-refractivity contribution in [1.82, 2.24) is 9.97 Å². The van der Waals surface area contributed by atoms with Crippen molar-refractivity contribution in [2.45, 2.75) is 6.92 Å². The first-order valence-corrected chi connectivity index (χ1v) is 6.53. The molecular weight excluding hydrogens is 260 g/mol. The van der Waals surface area contributed by atoms with Crippen LogP contribution in [0.4, 0.5) is 0 Å². The molecule has 0 fully saturated rings. The van der Waals surface area contributed by atoms with Gasteiger partial charge in [0.15, 0.2) is 5.69 Å². The second-order valence-corrected chi connectivity index (χ2v) is 5.31. The quantitative estimate of drug-likeness (QED) is 0.775. The van der Waals surface area contributed by atoms with E-state index < -0.39 is 5.97 Å². The van der Waals surface area contributed by atoms with Crippen molar-refractivity contribution in [2.24, 2.45) is 0 Å². The highest BCUT2D eigenvalue weighted by Gasteiger charge is 2.16. The number of pyridine rings is 1. The van der Waals surface area contributed by atoms with E-state index in [9.17, 15) is 4.79 Å². The van der Waals surface area contributed by atoms with Crippen LogP contribution >= 0.6 is 11.3 Å². The number of hydrogen-bond acceptors (Lipinski definition) is 4. The van der Waals surface area contributed by atoms with Crippen LogP contribution in [0.15, 0.2) is 36.5 Å². The molecule has 0 spiro atoms. The number of thiazole rings is 1. The summed E-state index contributed by atoms with van der Waals surface area (Å²) in [4.78, 5) is 20.3. The highest BCUT2D eigenvalue weighted by molar-refractivity contribution is 7.15. The molecule has 0 aliphatic rings. The number of fused-ring (bicyclic) bond motifs is 1. The molecule has 94 valence electrons. The summed E-state index contributed by atoms with van der Waals surface area (Å²) in [5.74, 6) is -0.992. The van der Waals surface area contributed by atoms with Gasteiger partial charge in [0.2, 0.25) is 0 Å². The highest BCUT2D eigenvalue weighted by Crippen LogP contribution is 2.31. The Kier molecular flexibility index (Phi) is 2.76. The minimum absolute atomic E-state index is 0.118. The van der Waals surface area contributed by atoms with Crippen molar-refractivity contribution >= 4 is 28.2 Å². The molecule has 0 saturated carbocycles. The van der Waals surface area contributed by atoms with Gasteiger partial charge in [0.05, 0.1) is 5.52 Å². The lowest BCUT2D eigenvalue weighted by molar-refractivity contribution is 0.0690. The number of aromatic carboxylic acids is 1. The van der Waals surface area contributed by atoms with Gasteiger partial charge in [-0.05, 0) is 19.1 Å². The van der Waals surface area contributed by atoms with Gasteiger partial charge in [-0.2, -0.15) is 0 Å². The Labute approximate surface area is 113 Å². The monoisotopic (exact) mass is 270 g/mol. The Bertz CT molecular complexity index is 775. The SMILES string of the molecule is Cc1sc(-c2cccc3cccnc23)nc1C(=O)O. The van der Waals surface area contributed by atoms with E-state index in [1.807, 2.05) is 30.3 Å². The van der Waals surface area contributed by atoms with Crippen molar-refractivity contribution in [3.63, 3.8) is 0 Å². The van der Waals surface area contributed by atoms with E-state index in [1.165, 1.54) is 11.3 Å². The van der Waals surface area contributed by atoms with Gasteiger partial charge in [0.1, 0.15) is 5.01 Å². The third-order valence-corrected chi connectivity index (χ3v) is 3.87. The standard InChI is InChI=1S/C14H10N2O2S/c1-8-11(14(17)18)16-13(19-8)10-6-2-4-9-5-3-7-15-12(9)10/h2-7H,1H3,(H,17,18). The number of para-hydroxylation sites is 1. The molecule has 0 aliphatic carbocycles. The van der Waals surface area contributed by atoms with Crippen LogP contribution < -0.4 is 0 Å². The van der Waals surface area contributed by atoms with Gasteiger partial charge in [-0.15, -0.1) is 11.3 Å². The Hall–Kier alpha value is -2.27. The molecule has 0 bridgehead atoms. The Morgan fingerprint density at radius 2 is 2.05 bits per heavy atom. The van der Waals surface area contributed by atoms with Crippen LogP contribution in [-0.2, 0) is 0 Å². The van der Waals surface area contributed by atoms with Gasteiger partial charge in [0, 0.05) is 22.0 Å². The second kappa shape index (κ2) is 4.44. The average molecular weight is 270 g/mol. The molecule has 2 heterocycles. The van der Waals surface area contributed by atoms with Crippen LogP contribution in [-0.4, -0.2) is 21.0 Å². The van der Waals surface area contributed by atoms with Gasteiger partial charge in [-0.3, -0.25) is 4.98 Å². The minimum Gasteiger partial charge on any atom is -0.476 e. The first-order chi connectivity index (χ1) is 9.16. The van der Waals surface area contributed by atoms with Crippen molar-refractivity contribution in [3.05, 3.63) is 47.1 Å². The van der Waals surface area contributed by atoms with E-state index in [2.05, 4.69) is 9.97 Å². The van der Waals surface area contributed by atoms with E-state index in [0.29, 0.717) is 9.88 Å². The summed E-state index contributed by atoms with van der Waals surface area (Å²) in [6, 6.07) is 9.67. The third kappa shape index (κ3) is 1.98. The number of aryl methyl sites for hydroxylation is 1. The molecule has 0 saturated heterocycles. The van der Waals surface area contributed by atoms with Crippen molar-refractivity contribution in [2.75, 3.05) is 0 Å². The van der Waals surface area contributed by atoms with E-state index >= 15 is 0 Å². The number of benzene rings is 1. The number of carbonyl (C=O) groups is 1. The van der Waals surface area contributed by atoms with Crippen LogP contribution in [0.25, 0.3) is 21.5 Å². The summed E-state index contributed by atoms with van der Waals surface area (Å²) < 4.78 is 0. The molecule has 19 heavy (non-hydrogen) atoms. The molecule has 1 aromatic carbocycles. The van der Waals surface area contributed by atoms with E-state index in [4.69, 9.17) is 5.11 Å².